The SMILES string of the molecule is C=CCn1c(COc2ccc(Cl)cc2C)nnc1SCC(=O)Nc1cc(Cl)ccc1OC. The molecule has 0 aliphatic carbocycles. The molecule has 1 amide bonds. The smallest absolute Gasteiger partial charge is 0.234 e. The standard InChI is InChI=1S/C22H22Cl2N4O3S/c1-4-9-28-20(12-31-18-7-5-15(23)10-14(18)2)26-27-22(28)32-13-21(29)25-17-11-16(24)6-8-19(17)30-3/h4-8,10-11H,1,9,12-13H2,2-3H3,(H,25,29). The number of methoxy groups -OCH3 is 1. The van der Waals surface area contributed by atoms with Crippen LogP contribution < -0.4 is 14.8 Å². The fourth-order valence-corrected chi connectivity index (χ4v) is 4.02. The fraction of sp³-hybridized carbons (Fsp3) is 0.227. The van der Waals surface area contributed by atoms with Gasteiger partial charge < -0.3 is 14.8 Å². The van der Waals surface area contributed by atoms with Crippen molar-refractivity contribution in [3.05, 3.63) is 70.5 Å². The number of aryl methyl sites for hydroxylation is 1. The summed E-state index contributed by atoms with van der Waals surface area (Å²) < 4.78 is 13.0. The highest BCUT2D eigenvalue weighted by molar-refractivity contribution is 7.99. The maximum absolute atomic E-state index is 12.5. The van der Waals surface area contributed by atoms with Gasteiger partial charge in [-0.15, -0.1) is 16.8 Å². The molecular weight excluding hydrogens is 471 g/mol. The van der Waals surface area contributed by atoms with Gasteiger partial charge in [-0.3, -0.25) is 9.36 Å². The number of hydrogen-bond acceptors (Lipinski definition) is 6. The lowest BCUT2D eigenvalue weighted by molar-refractivity contribution is -0.113. The van der Waals surface area contributed by atoms with E-state index in [9.17, 15) is 4.79 Å². The molecule has 0 atom stereocenters. The molecule has 168 valence electrons. The van der Waals surface area contributed by atoms with Crippen LogP contribution in [0.2, 0.25) is 10.0 Å². The molecule has 0 fully saturated rings. The van der Waals surface area contributed by atoms with Crippen molar-refractivity contribution in [2.45, 2.75) is 25.2 Å². The molecule has 0 radical (unpaired) electrons. The number of nitrogens with one attached hydrogen (secondary N) is 1. The lowest BCUT2D eigenvalue weighted by Crippen LogP contribution is -2.15. The van der Waals surface area contributed by atoms with Crippen molar-refractivity contribution in [2.75, 3.05) is 18.2 Å². The van der Waals surface area contributed by atoms with E-state index in [0.29, 0.717) is 44.8 Å². The van der Waals surface area contributed by atoms with Gasteiger partial charge in [-0.05, 0) is 48.9 Å². The van der Waals surface area contributed by atoms with Crippen molar-refractivity contribution >= 4 is 46.6 Å². The molecular formula is C22H22Cl2N4O3S. The molecule has 0 saturated carbocycles. The van der Waals surface area contributed by atoms with E-state index < -0.39 is 0 Å². The van der Waals surface area contributed by atoms with Gasteiger partial charge in [0.2, 0.25) is 5.91 Å². The van der Waals surface area contributed by atoms with E-state index in [4.69, 9.17) is 32.7 Å². The number of carbonyl (C=O) groups is 1. The average Bonchev–Trinajstić information content (AvgIpc) is 3.14. The Kier molecular flexibility index (Phi) is 8.44. The van der Waals surface area contributed by atoms with Gasteiger partial charge in [-0.2, -0.15) is 0 Å². The van der Waals surface area contributed by atoms with E-state index in [1.165, 1.54) is 18.9 Å². The Morgan fingerprint density at radius 2 is 1.91 bits per heavy atom. The van der Waals surface area contributed by atoms with Gasteiger partial charge >= 0.3 is 0 Å². The normalized spacial score (nSPS) is 10.6. The van der Waals surface area contributed by atoms with Gasteiger partial charge in [-0.1, -0.05) is 41.0 Å². The minimum absolute atomic E-state index is 0.127. The van der Waals surface area contributed by atoms with Gasteiger partial charge in [0.15, 0.2) is 11.0 Å². The third-order valence-corrected chi connectivity index (χ3v) is 5.80. The second kappa shape index (κ2) is 11.3. The van der Waals surface area contributed by atoms with Gasteiger partial charge in [0.1, 0.15) is 18.1 Å². The number of carbonyl (C=O) groups excluding carboxylic acids is 1. The van der Waals surface area contributed by atoms with E-state index in [1.807, 2.05) is 23.6 Å². The summed E-state index contributed by atoms with van der Waals surface area (Å²) in [5.74, 6) is 1.77. The summed E-state index contributed by atoms with van der Waals surface area (Å²) in [5.41, 5.74) is 1.43. The van der Waals surface area contributed by atoms with Crippen LogP contribution in [0, 0.1) is 6.92 Å². The van der Waals surface area contributed by atoms with Crippen LogP contribution in [-0.4, -0.2) is 33.5 Å². The highest BCUT2D eigenvalue weighted by atomic mass is 35.5. The van der Waals surface area contributed by atoms with Crippen molar-refractivity contribution < 1.29 is 14.3 Å². The maximum Gasteiger partial charge on any atom is 0.234 e. The number of ether oxygens (including phenoxy) is 2. The number of nitrogens with zero attached hydrogens (tertiary/aromatic N) is 3. The number of thioether (sulfide) groups is 1. The van der Waals surface area contributed by atoms with Crippen molar-refractivity contribution in [1.29, 1.82) is 0 Å². The van der Waals surface area contributed by atoms with Crippen LogP contribution in [0.15, 0.2) is 54.2 Å². The van der Waals surface area contributed by atoms with Crippen LogP contribution in [0.5, 0.6) is 11.5 Å². The third-order valence-electron chi connectivity index (χ3n) is 4.37. The van der Waals surface area contributed by atoms with E-state index in [1.54, 1.807) is 30.3 Å². The minimum Gasteiger partial charge on any atom is -0.495 e. The van der Waals surface area contributed by atoms with Crippen LogP contribution >= 0.6 is 35.0 Å². The number of benzene rings is 2. The zero-order valence-corrected chi connectivity index (χ0v) is 19.9. The van der Waals surface area contributed by atoms with Crippen LogP contribution in [0.3, 0.4) is 0 Å². The number of anilines is 1. The number of allylic oxidation sites excluding steroid dienone is 1. The molecule has 1 aromatic heterocycles. The second-order valence-electron chi connectivity index (χ2n) is 6.68. The van der Waals surface area contributed by atoms with Gasteiger partial charge in [0, 0.05) is 16.6 Å². The first-order valence-electron chi connectivity index (χ1n) is 9.59. The summed E-state index contributed by atoms with van der Waals surface area (Å²) >= 11 is 13.3. The van der Waals surface area contributed by atoms with E-state index in [0.717, 1.165) is 5.56 Å². The summed E-state index contributed by atoms with van der Waals surface area (Å²) in [5, 5.41) is 13.0. The fourth-order valence-electron chi connectivity index (χ4n) is 2.86. The van der Waals surface area contributed by atoms with E-state index >= 15 is 0 Å². The average molecular weight is 493 g/mol. The van der Waals surface area contributed by atoms with Crippen molar-refractivity contribution in [3.8, 4) is 11.5 Å². The summed E-state index contributed by atoms with van der Waals surface area (Å²) in [7, 11) is 1.53. The number of halogens is 2. The highest BCUT2D eigenvalue weighted by Gasteiger charge is 2.15. The zero-order valence-electron chi connectivity index (χ0n) is 17.6. The van der Waals surface area contributed by atoms with E-state index in [-0.39, 0.29) is 18.3 Å². The Bertz CT molecular complexity index is 1120. The topological polar surface area (TPSA) is 78.3 Å². The summed E-state index contributed by atoms with van der Waals surface area (Å²) in [6.45, 7) is 6.41. The first-order valence-corrected chi connectivity index (χ1v) is 11.3. The highest BCUT2D eigenvalue weighted by Crippen LogP contribution is 2.28. The van der Waals surface area contributed by atoms with Gasteiger partial charge in [0.05, 0.1) is 18.6 Å². The molecule has 0 aliphatic heterocycles. The first-order chi connectivity index (χ1) is 15.4. The molecule has 3 rings (SSSR count). The molecule has 0 spiro atoms. The van der Waals surface area contributed by atoms with Crippen LogP contribution in [0.25, 0.3) is 0 Å². The number of aromatic nitrogens is 3. The summed E-state index contributed by atoms with van der Waals surface area (Å²) in [4.78, 5) is 12.5. The van der Waals surface area contributed by atoms with Gasteiger partial charge in [-0.25, -0.2) is 0 Å². The largest absolute Gasteiger partial charge is 0.495 e. The molecule has 1 N–H and O–H groups in total. The zero-order chi connectivity index (χ0) is 23.1. The molecule has 3 aromatic rings. The molecule has 0 unspecified atom stereocenters. The predicted octanol–water partition coefficient (Wildman–Crippen LogP) is 5.40. The first kappa shape index (κ1) is 24.0. The molecule has 10 heteroatoms. The summed E-state index contributed by atoms with van der Waals surface area (Å²) in [6.07, 6.45) is 1.74. The number of rotatable bonds is 10. The monoisotopic (exact) mass is 492 g/mol. The van der Waals surface area contributed by atoms with Crippen molar-refractivity contribution in [3.63, 3.8) is 0 Å². The Labute approximate surface area is 200 Å². The second-order valence-corrected chi connectivity index (χ2v) is 8.49. The predicted molar refractivity (Wildman–Crippen MR) is 128 cm³/mol. The van der Waals surface area contributed by atoms with Crippen molar-refractivity contribution in [2.24, 2.45) is 0 Å². The molecule has 1 heterocycles. The number of amides is 1. The molecule has 0 saturated heterocycles. The molecule has 2 aromatic carbocycles. The quantitative estimate of drug-likeness (QED) is 0.301. The molecule has 7 nitrogen and oxygen atoms in total. The Hall–Kier alpha value is -2.68. The minimum atomic E-state index is -0.224. The Morgan fingerprint density at radius 1 is 1.19 bits per heavy atom. The van der Waals surface area contributed by atoms with Crippen molar-refractivity contribution in [1.82, 2.24) is 14.8 Å². The molecule has 32 heavy (non-hydrogen) atoms. The lowest BCUT2D eigenvalue weighted by atomic mass is 10.2. The molecule has 0 aliphatic rings. The van der Waals surface area contributed by atoms with Gasteiger partial charge in [0.25, 0.3) is 0 Å². The summed E-state index contributed by atoms with van der Waals surface area (Å²) in [6, 6.07) is 10.4. The van der Waals surface area contributed by atoms with Crippen LogP contribution in [-0.2, 0) is 17.9 Å². The van der Waals surface area contributed by atoms with E-state index in [2.05, 4.69) is 22.1 Å². The number of hydrogen-bond donors (Lipinski definition) is 1. The molecule has 0 bridgehead atoms. The maximum atomic E-state index is 12.5. The van der Waals surface area contributed by atoms with Crippen LogP contribution in [0.1, 0.15) is 11.4 Å². The Morgan fingerprint density at radius 3 is 2.59 bits per heavy atom. The Balaban J connectivity index is 1.65. The third kappa shape index (κ3) is 6.18. The lowest BCUT2D eigenvalue weighted by Gasteiger charge is -2.12. The van der Waals surface area contributed by atoms with Crippen LogP contribution in [0.4, 0.5) is 5.69 Å².